The lowest BCUT2D eigenvalue weighted by molar-refractivity contribution is -0.0400. The van der Waals surface area contributed by atoms with Crippen molar-refractivity contribution in [1.82, 2.24) is 4.98 Å². The molecule has 0 bridgehead atoms. The standard InChI is InChI=1S/C23H25NO3/c1-17-22(16-26-19-11-13-25-14-12-19)24-21-10-6-5-9-20(21)23(17)27-15-18-7-3-2-4-8-18/h2-10,19H,11-16H2,1H3. The maximum atomic E-state index is 6.25. The quantitative estimate of drug-likeness (QED) is 0.630. The van der Waals surface area contributed by atoms with Crippen LogP contribution in [0.1, 0.15) is 29.7 Å². The molecule has 3 aromatic rings. The zero-order valence-corrected chi connectivity index (χ0v) is 15.7. The summed E-state index contributed by atoms with van der Waals surface area (Å²) < 4.78 is 17.8. The summed E-state index contributed by atoms with van der Waals surface area (Å²) in [4.78, 5) is 4.84. The predicted molar refractivity (Wildman–Crippen MR) is 106 cm³/mol. The summed E-state index contributed by atoms with van der Waals surface area (Å²) >= 11 is 0. The molecule has 0 spiro atoms. The van der Waals surface area contributed by atoms with E-state index in [1.807, 2.05) is 36.4 Å². The summed E-state index contributed by atoms with van der Waals surface area (Å²) in [5, 5.41) is 1.04. The molecule has 4 nitrogen and oxygen atoms in total. The van der Waals surface area contributed by atoms with Gasteiger partial charge in [0.15, 0.2) is 0 Å². The molecule has 1 aliphatic rings. The second kappa shape index (κ2) is 8.51. The van der Waals surface area contributed by atoms with Crippen LogP contribution in [-0.2, 0) is 22.7 Å². The van der Waals surface area contributed by atoms with Crippen LogP contribution in [0, 0.1) is 6.92 Å². The number of benzene rings is 2. The van der Waals surface area contributed by atoms with Crippen molar-refractivity contribution in [1.29, 1.82) is 0 Å². The Balaban J connectivity index is 1.59. The molecule has 0 unspecified atom stereocenters. The molecule has 0 atom stereocenters. The van der Waals surface area contributed by atoms with Crippen molar-refractivity contribution in [2.45, 2.75) is 39.1 Å². The zero-order chi connectivity index (χ0) is 18.5. The van der Waals surface area contributed by atoms with Gasteiger partial charge in [-0.1, -0.05) is 42.5 Å². The molecular formula is C23H25NO3. The van der Waals surface area contributed by atoms with Gasteiger partial charge < -0.3 is 14.2 Å². The van der Waals surface area contributed by atoms with E-state index in [1.165, 1.54) is 0 Å². The van der Waals surface area contributed by atoms with Gasteiger partial charge in [-0.3, -0.25) is 0 Å². The van der Waals surface area contributed by atoms with Gasteiger partial charge in [0.25, 0.3) is 0 Å². The maximum Gasteiger partial charge on any atom is 0.134 e. The molecule has 0 aliphatic carbocycles. The molecule has 1 aliphatic heterocycles. The van der Waals surface area contributed by atoms with E-state index in [0.717, 1.165) is 59.5 Å². The van der Waals surface area contributed by atoms with Crippen molar-refractivity contribution in [3.63, 3.8) is 0 Å². The fraction of sp³-hybridized carbons (Fsp3) is 0.348. The Morgan fingerprint density at radius 1 is 0.963 bits per heavy atom. The van der Waals surface area contributed by atoms with Gasteiger partial charge in [-0.05, 0) is 37.5 Å². The Labute approximate surface area is 160 Å². The minimum atomic E-state index is 0.250. The number of ether oxygens (including phenoxy) is 3. The van der Waals surface area contributed by atoms with Gasteiger partial charge in [0.2, 0.25) is 0 Å². The van der Waals surface area contributed by atoms with E-state index in [4.69, 9.17) is 19.2 Å². The van der Waals surface area contributed by atoms with E-state index in [0.29, 0.717) is 13.2 Å². The van der Waals surface area contributed by atoms with Gasteiger partial charge in [0, 0.05) is 24.2 Å². The summed E-state index contributed by atoms with van der Waals surface area (Å²) in [5.74, 6) is 0.898. The van der Waals surface area contributed by atoms with E-state index in [1.54, 1.807) is 0 Å². The molecule has 2 aromatic carbocycles. The van der Waals surface area contributed by atoms with Gasteiger partial charge in [0.05, 0.1) is 23.9 Å². The maximum absolute atomic E-state index is 6.25. The van der Waals surface area contributed by atoms with Crippen LogP contribution >= 0.6 is 0 Å². The zero-order valence-electron chi connectivity index (χ0n) is 15.7. The summed E-state index contributed by atoms with van der Waals surface area (Å²) in [6.07, 6.45) is 2.15. The SMILES string of the molecule is Cc1c(COC2CCOCC2)nc2ccccc2c1OCc1ccccc1. The first-order chi connectivity index (χ1) is 13.3. The third-order valence-electron chi connectivity index (χ3n) is 5.03. The van der Waals surface area contributed by atoms with Gasteiger partial charge in [-0.15, -0.1) is 0 Å². The Kier molecular flexibility index (Phi) is 5.66. The van der Waals surface area contributed by atoms with Crippen LogP contribution in [0.3, 0.4) is 0 Å². The minimum Gasteiger partial charge on any atom is -0.488 e. The van der Waals surface area contributed by atoms with Crippen LogP contribution in [-0.4, -0.2) is 24.3 Å². The largest absolute Gasteiger partial charge is 0.488 e. The molecule has 2 heterocycles. The van der Waals surface area contributed by atoms with E-state index >= 15 is 0 Å². The van der Waals surface area contributed by atoms with Crippen molar-refractivity contribution >= 4 is 10.9 Å². The van der Waals surface area contributed by atoms with Gasteiger partial charge in [-0.25, -0.2) is 4.98 Å². The van der Waals surface area contributed by atoms with Crippen molar-refractivity contribution < 1.29 is 14.2 Å². The van der Waals surface area contributed by atoms with E-state index in [-0.39, 0.29) is 6.10 Å². The average molecular weight is 363 g/mol. The lowest BCUT2D eigenvalue weighted by Crippen LogP contribution is -2.23. The lowest BCUT2D eigenvalue weighted by Gasteiger charge is -2.23. The normalized spacial score (nSPS) is 15.1. The monoisotopic (exact) mass is 363 g/mol. The third kappa shape index (κ3) is 4.29. The van der Waals surface area contributed by atoms with Crippen molar-refractivity contribution in [3.8, 4) is 5.75 Å². The molecule has 4 heteroatoms. The van der Waals surface area contributed by atoms with Crippen LogP contribution in [0.5, 0.6) is 5.75 Å². The molecule has 0 amide bonds. The summed E-state index contributed by atoms with van der Waals surface area (Å²) in [7, 11) is 0. The molecule has 27 heavy (non-hydrogen) atoms. The fourth-order valence-electron chi connectivity index (χ4n) is 3.42. The van der Waals surface area contributed by atoms with Gasteiger partial charge in [0.1, 0.15) is 12.4 Å². The number of pyridine rings is 1. The summed E-state index contributed by atoms with van der Waals surface area (Å²) in [6, 6.07) is 18.4. The number of hydrogen-bond donors (Lipinski definition) is 0. The van der Waals surface area contributed by atoms with Crippen molar-refractivity contribution in [3.05, 3.63) is 71.4 Å². The number of aromatic nitrogens is 1. The van der Waals surface area contributed by atoms with Crippen LogP contribution < -0.4 is 4.74 Å². The average Bonchev–Trinajstić information content (AvgIpc) is 2.73. The summed E-state index contributed by atoms with van der Waals surface area (Å²) in [6.45, 7) is 4.67. The first-order valence-electron chi connectivity index (χ1n) is 9.55. The molecular weight excluding hydrogens is 338 g/mol. The lowest BCUT2D eigenvalue weighted by atomic mass is 10.1. The molecule has 0 N–H and O–H groups in total. The Morgan fingerprint density at radius 3 is 2.52 bits per heavy atom. The predicted octanol–water partition coefficient (Wildman–Crippen LogP) is 4.82. The highest BCUT2D eigenvalue weighted by Gasteiger charge is 2.17. The number of fused-ring (bicyclic) bond motifs is 1. The first-order valence-corrected chi connectivity index (χ1v) is 9.55. The van der Waals surface area contributed by atoms with Crippen molar-refractivity contribution in [2.24, 2.45) is 0 Å². The minimum absolute atomic E-state index is 0.250. The van der Waals surface area contributed by atoms with E-state index in [2.05, 4.69) is 25.1 Å². The highest BCUT2D eigenvalue weighted by atomic mass is 16.5. The van der Waals surface area contributed by atoms with Crippen LogP contribution in [0.2, 0.25) is 0 Å². The highest BCUT2D eigenvalue weighted by Crippen LogP contribution is 2.31. The van der Waals surface area contributed by atoms with Crippen LogP contribution in [0.25, 0.3) is 10.9 Å². The smallest absolute Gasteiger partial charge is 0.134 e. The molecule has 1 fully saturated rings. The Bertz CT molecular complexity index is 889. The topological polar surface area (TPSA) is 40.6 Å². The van der Waals surface area contributed by atoms with E-state index in [9.17, 15) is 0 Å². The number of nitrogens with zero attached hydrogens (tertiary/aromatic N) is 1. The number of para-hydroxylation sites is 1. The molecule has 1 saturated heterocycles. The third-order valence-corrected chi connectivity index (χ3v) is 5.03. The molecule has 0 saturated carbocycles. The Hall–Kier alpha value is -2.43. The van der Waals surface area contributed by atoms with E-state index < -0.39 is 0 Å². The highest BCUT2D eigenvalue weighted by molar-refractivity contribution is 5.86. The molecule has 140 valence electrons. The number of hydrogen-bond acceptors (Lipinski definition) is 4. The van der Waals surface area contributed by atoms with Crippen LogP contribution in [0.4, 0.5) is 0 Å². The van der Waals surface area contributed by atoms with Gasteiger partial charge in [-0.2, -0.15) is 0 Å². The summed E-state index contributed by atoms with van der Waals surface area (Å²) in [5.41, 5.74) is 4.09. The molecule has 0 radical (unpaired) electrons. The first kappa shape index (κ1) is 18.0. The van der Waals surface area contributed by atoms with Crippen molar-refractivity contribution in [2.75, 3.05) is 13.2 Å². The second-order valence-corrected chi connectivity index (χ2v) is 6.93. The fourth-order valence-corrected chi connectivity index (χ4v) is 3.42. The Morgan fingerprint density at radius 2 is 1.70 bits per heavy atom. The molecule has 1 aromatic heterocycles. The second-order valence-electron chi connectivity index (χ2n) is 6.93. The number of rotatable bonds is 6. The molecule has 4 rings (SSSR count). The van der Waals surface area contributed by atoms with Gasteiger partial charge >= 0.3 is 0 Å². The van der Waals surface area contributed by atoms with Crippen LogP contribution in [0.15, 0.2) is 54.6 Å².